The third-order valence-corrected chi connectivity index (χ3v) is 3.25. The van der Waals surface area contributed by atoms with Gasteiger partial charge in [-0.1, -0.05) is 0 Å². The smallest absolute Gasteiger partial charge is 0.406 e. The number of rotatable bonds is 5. The normalized spacial score (nSPS) is 12.4. The minimum atomic E-state index is -4.82. The van der Waals surface area contributed by atoms with Crippen molar-refractivity contribution >= 4 is 10.0 Å². The molecule has 0 bridgehead atoms. The zero-order valence-corrected chi connectivity index (χ0v) is 9.75. The standard InChI is InChI=1S/C9H10F3NO4S/c10-9(11,12)17-7-1-3-8(4-2-7)18(15,16)13-5-6-14/h1-4,13-14H,5-6H2. The summed E-state index contributed by atoms with van der Waals surface area (Å²) in [6.07, 6.45) is -4.82. The molecule has 0 aliphatic heterocycles. The summed E-state index contributed by atoms with van der Waals surface area (Å²) in [7, 11) is -3.83. The minimum absolute atomic E-state index is 0.177. The molecule has 0 spiro atoms. The first-order valence-corrected chi connectivity index (χ1v) is 6.19. The summed E-state index contributed by atoms with van der Waals surface area (Å²) in [4.78, 5) is -0.217. The number of alkyl halides is 3. The van der Waals surface area contributed by atoms with Crippen molar-refractivity contribution < 1.29 is 31.4 Å². The van der Waals surface area contributed by atoms with E-state index in [4.69, 9.17) is 5.11 Å². The van der Waals surface area contributed by atoms with Gasteiger partial charge in [0.2, 0.25) is 10.0 Å². The van der Waals surface area contributed by atoms with Crippen molar-refractivity contribution in [3.8, 4) is 5.75 Å². The van der Waals surface area contributed by atoms with Crippen molar-refractivity contribution in [1.82, 2.24) is 4.72 Å². The van der Waals surface area contributed by atoms with Crippen LogP contribution in [0.15, 0.2) is 29.2 Å². The summed E-state index contributed by atoms with van der Waals surface area (Å²) < 4.78 is 64.2. The number of halogens is 3. The van der Waals surface area contributed by atoms with Gasteiger partial charge in [-0.05, 0) is 24.3 Å². The molecule has 0 fully saturated rings. The topological polar surface area (TPSA) is 75.6 Å². The van der Waals surface area contributed by atoms with Crippen molar-refractivity contribution in [1.29, 1.82) is 0 Å². The highest BCUT2D eigenvalue weighted by atomic mass is 32.2. The van der Waals surface area contributed by atoms with Gasteiger partial charge in [0, 0.05) is 6.54 Å². The second kappa shape index (κ2) is 5.55. The van der Waals surface area contributed by atoms with Gasteiger partial charge in [-0.3, -0.25) is 0 Å². The Morgan fingerprint density at radius 3 is 2.22 bits per heavy atom. The molecule has 0 aliphatic carbocycles. The SMILES string of the molecule is O=S(=O)(NCCO)c1ccc(OC(F)(F)F)cc1. The minimum Gasteiger partial charge on any atom is -0.406 e. The fourth-order valence-corrected chi connectivity index (χ4v) is 2.10. The lowest BCUT2D eigenvalue weighted by Crippen LogP contribution is -2.26. The van der Waals surface area contributed by atoms with E-state index in [1.807, 2.05) is 0 Å². The Labute approximate surface area is 101 Å². The molecule has 102 valence electrons. The average Bonchev–Trinajstić information content (AvgIpc) is 2.25. The molecule has 1 aromatic carbocycles. The monoisotopic (exact) mass is 285 g/mol. The molecule has 0 aromatic heterocycles. The van der Waals surface area contributed by atoms with Crippen LogP contribution in [0.1, 0.15) is 0 Å². The number of ether oxygens (including phenoxy) is 1. The van der Waals surface area contributed by atoms with Crippen LogP contribution in [0.4, 0.5) is 13.2 Å². The van der Waals surface area contributed by atoms with Crippen molar-refractivity contribution in [2.24, 2.45) is 0 Å². The first-order chi connectivity index (χ1) is 8.24. The fourth-order valence-electron chi connectivity index (χ4n) is 1.08. The van der Waals surface area contributed by atoms with Crippen LogP contribution >= 0.6 is 0 Å². The van der Waals surface area contributed by atoms with E-state index >= 15 is 0 Å². The molecule has 0 unspecified atom stereocenters. The third kappa shape index (κ3) is 4.51. The Hall–Kier alpha value is -1.32. The number of hydrogen-bond donors (Lipinski definition) is 2. The molecule has 5 nitrogen and oxygen atoms in total. The summed E-state index contributed by atoms with van der Waals surface area (Å²) in [6.45, 7) is -0.558. The maximum atomic E-state index is 11.9. The summed E-state index contributed by atoms with van der Waals surface area (Å²) >= 11 is 0. The van der Waals surface area contributed by atoms with E-state index in [9.17, 15) is 21.6 Å². The van der Waals surface area contributed by atoms with Gasteiger partial charge in [-0.2, -0.15) is 0 Å². The van der Waals surface area contributed by atoms with Gasteiger partial charge >= 0.3 is 6.36 Å². The van der Waals surface area contributed by atoms with Crippen LogP contribution < -0.4 is 9.46 Å². The largest absolute Gasteiger partial charge is 0.573 e. The van der Waals surface area contributed by atoms with Crippen LogP contribution in [0, 0.1) is 0 Å². The van der Waals surface area contributed by atoms with E-state index in [0.29, 0.717) is 0 Å². The predicted octanol–water partition coefficient (Wildman–Crippen LogP) is 0.856. The van der Waals surface area contributed by atoms with Crippen LogP contribution in [0.3, 0.4) is 0 Å². The van der Waals surface area contributed by atoms with Gasteiger partial charge in [-0.25, -0.2) is 13.1 Å². The van der Waals surface area contributed by atoms with Crippen LogP contribution in [0.25, 0.3) is 0 Å². The molecule has 0 atom stereocenters. The van der Waals surface area contributed by atoms with E-state index in [2.05, 4.69) is 9.46 Å². The van der Waals surface area contributed by atoms with Gasteiger partial charge < -0.3 is 9.84 Å². The molecule has 9 heteroatoms. The summed E-state index contributed by atoms with van der Waals surface area (Å²) in [5, 5.41) is 8.48. The van der Waals surface area contributed by atoms with Gasteiger partial charge in [0.1, 0.15) is 5.75 Å². The highest BCUT2D eigenvalue weighted by molar-refractivity contribution is 7.89. The van der Waals surface area contributed by atoms with Gasteiger partial charge in [0.15, 0.2) is 0 Å². The lowest BCUT2D eigenvalue weighted by atomic mass is 10.3. The molecular weight excluding hydrogens is 275 g/mol. The number of nitrogens with one attached hydrogen (secondary N) is 1. The van der Waals surface area contributed by atoms with Crippen LogP contribution in [0.5, 0.6) is 5.75 Å². The number of benzene rings is 1. The van der Waals surface area contributed by atoms with E-state index in [-0.39, 0.29) is 18.0 Å². The molecule has 0 saturated heterocycles. The molecule has 0 heterocycles. The Morgan fingerprint density at radius 2 is 1.78 bits per heavy atom. The van der Waals surface area contributed by atoms with Crippen molar-refractivity contribution in [2.75, 3.05) is 13.2 Å². The molecule has 0 amide bonds. The maximum Gasteiger partial charge on any atom is 0.573 e. The Morgan fingerprint density at radius 1 is 1.22 bits per heavy atom. The van der Waals surface area contributed by atoms with Crippen molar-refractivity contribution in [3.05, 3.63) is 24.3 Å². The fraction of sp³-hybridized carbons (Fsp3) is 0.333. The number of sulfonamides is 1. The molecular formula is C9H10F3NO4S. The summed E-state index contributed by atoms with van der Waals surface area (Å²) in [5.74, 6) is -0.511. The van der Waals surface area contributed by atoms with Crippen molar-refractivity contribution in [3.63, 3.8) is 0 Å². The second-order valence-corrected chi connectivity index (χ2v) is 4.91. The third-order valence-electron chi connectivity index (χ3n) is 1.77. The van der Waals surface area contributed by atoms with E-state index in [1.54, 1.807) is 0 Å². The lowest BCUT2D eigenvalue weighted by molar-refractivity contribution is -0.274. The first-order valence-electron chi connectivity index (χ1n) is 4.71. The maximum absolute atomic E-state index is 11.9. The molecule has 1 rings (SSSR count). The van der Waals surface area contributed by atoms with E-state index in [1.165, 1.54) is 0 Å². The second-order valence-electron chi connectivity index (χ2n) is 3.14. The Bertz CT molecular complexity index is 484. The van der Waals surface area contributed by atoms with Crippen LogP contribution in [-0.4, -0.2) is 33.0 Å². The van der Waals surface area contributed by atoms with Gasteiger partial charge in [0.25, 0.3) is 0 Å². The van der Waals surface area contributed by atoms with E-state index < -0.39 is 22.1 Å². The molecule has 0 radical (unpaired) electrons. The van der Waals surface area contributed by atoms with Gasteiger partial charge in [0.05, 0.1) is 11.5 Å². The lowest BCUT2D eigenvalue weighted by Gasteiger charge is -2.09. The Balaban J connectivity index is 2.83. The van der Waals surface area contributed by atoms with Crippen LogP contribution in [-0.2, 0) is 10.0 Å². The number of aliphatic hydroxyl groups is 1. The van der Waals surface area contributed by atoms with Gasteiger partial charge in [-0.15, -0.1) is 13.2 Å². The average molecular weight is 285 g/mol. The zero-order valence-electron chi connectivity index (χ0n) is 8.94. The quantitative estimate of drug-likeness (QED) is 0.841. The molecule has 2 N–H and O–H groups in total. The summed E-state index contributed by atoms with van der Waals surface area (Å²) in [5.41, 5.74) is 0. The number of hydrogen-bond acceptors (Lipinski definition) is 4. The highest BCUT2D eigenvalue weighted by Gasteiger charge is 2.31. The first kappa shape index (κ1) is 14.7. The molecule has 18 heavy (non-hydrogen) atoms. The van der Waals surface area contributed by atoms with Crippen LogP contribution in [0.2, 0.25) is 0 Å². The highest BCUT2D eigenvalue weighted by Crippen LogP contribution is 2.23. The molecule has 1 aromatic rings. The zero-order chi connectivity index (χ0) is 13.8. The molecule has 0 saturated carbocycles. The Kier molecular flexibility index (Phi) is 4.54. The number of aliphatic hydroxyl groups excluding tert-OH is 1. The van der Waals surface area contributed by atoms with E-state index in [0.717, 1.165) is 24.3 Å². The molecule has 0 aliphatic rings. The van der Waals surface area contributed by atoms with Crippen molar-refractivity contribution in [2.45, 2.75) is 11.3 Å². The predicted molar refractivity (Wildman–Crippen MR) is 55.4 cm³/mol. The summed E-state index contributed by atoms with van der Waals surface area (Å²) in [6, 6.07) is 3.73.